The van der Waals surface area contributed by atoms with Crippen molar-refractivity contribution in [1.29, 1.82) is 0 Å². The summed E-state index contributed by atoms with van der Waals surface area (Å²) in [4.78, 5) is 28.0. The number of aromatic nitrogens is 1. The Morgan fingerprint density at radius 2 is 2.04 bits per heavy atom. The van der Waals surface area contributed by atoms with Crippen LogP contribution in [-0.2, 0) is 6.54 Å². The Kier molecular flexibility index (Phi) is 5.33. The van der Waals surface area contributed by atoms with Crippen LogP contribution in [0.25, 0.3) is 10.2 Å². The highest BCUT2D eigenvalue weighted by Gasteiger charge is 2.16. The zero-order valence-electron chi connectivity index (χ0n) is 14.8. The largest absolute Gasteiger partial charge is 0.324 e. The quantitative estimate of drug-likeness (QED) is 0.458. The summed E-state index contributed by atoms with van der Waals surface area (Å²) < 4.78 is 3.14. The molecule has 0 aliphatic rings. The van der Waals surface area contributed by atoms with Gasteiger partial charge in [-0.1, -0.05) is 49.5 Å². The van der Waals surface area contributed by atoms with Crippen LogP contribution in [0.15, 0.2) is 35.3 Å². The van der Waals surface area contributed by atoms with E-state index in [9.17, 15) is 14.9 Å². The van der Waals surface area contributed by atoms with Gasteiger partial charge in [0.25, 0.3) is 5.91 Å². The minimum atomic E-state index is -0.494. The Balaban J connectivity index is 2.09. The van der Waals surface area contributed by atoms with Gasteiger partial charge in [-0.05, 0) is 36.1 Å². The number of nitrogens with zero attached hydrogens (tertiary/aromatic N) is 3. The molecule has 0 saturated carbocycles. The van der Waals surface area contributed by atoms with Crippen LogP contribution in [-0.4, -0.2) is 15.4 Å². The zero-order chi connectivity index (χ0) is 18.8. The van der Waals surface area contributed by atoms with Crippen molar-refractivity contribution in [3.05, 3.63) is 55.7 Å². The maximum absolute atomic E-state index is 12.5. The van der Waals surface area contributed by atoms with E-state index in [2.05, 4.69) is 44.0 Å². The number of thiophene rings is 1. The molecule has 2 heterocycles. The van der Waals surface area contributed by atoms with E-state index in [4.69, 9.17) is 0 Å². The van der Waals surface area contributed by atoms with Gasteiger partial charge in [-0.2, -0.15) is 4.99 Å². The lowest BCUT2D eigenvalue weighted by Crippen LogP contribution is -2.16. The van der Waals surface area contributed by atoms with E-state index in [0.29, 0.717) is 10.7 Å². The van der Waals surface area contributed by atoms with E-state index >= 15 is 0 Å². The highest BCUT2D eigenvalue weighted by molar-refractivity contribution is 7.17. The molecule has 3 rings (SSSR count). The van der Waals surface area contributed by atoms with E-state index in [0.717, 1.165) is 34.5 Å². The topological polar surface area (TPSA) is 77.5 Å². The molecule has 136 valence electrons. The Bertz CT molecular complexity index is 1040. The van der Waals surface area contributed by atoms with Crippen molar-refractivity contribution >= 4 is 43.8 Å². The third-order valence-electron chi connectivity index (χ3n) is 4.00. The standard InChI is InChI=1S/C18H19N3O3S2/c1-4-9-20-13-6-5-12(11(2)3)10-15(13)26-18(20)19-17(22)14-7-8-16(25-14)21(23)24/h5-8,10-11H,4,9H2,1-3H3. The molecule has 2 aromatic heterocycles. The number of hydrogen-bond acceptors (Lipinski definition) is 5. The summed E-state index contributed by atoms with van der Waals surface area (Å²) in [6.07, 6.45) is 0.920. The first-order valence-corrected chi connectivity index (χ1v) is 10.0. The van der Waals surface area contributed by atoms with Crippen LogP contribution in [0.3, 0.4) is 0 Å². The van der Waals surface area contributed by atoms with Gasteiger partial charge in [-0.25, -0.2) is 0 Å². The van der Waals surface area contributed by atoms with Crippen molar-refractivity contribution < 1.29 is 9.72 Å². The number of hydrogen-bond donors (Lipinski definition) is 0. The fourth-order valence-corrected chi connectivity index (χ4v) is 4.46. The van der Waals surface area contributed by atoms with Gasteiger partial charge in [-0.15, -0.1) is 0 Å². The fraction of sp³-hybridized carbons (Fsp3) is 0.333. The van der Waals surface area contributed by atoms with Gasteiger partial charge in [0, 0.05) is 12.6 Å². The monoisotopic (exact) mass is 389 g/mol. The van der Waals surface area contributed by atoms with Gasteiger partial charge in [0.05, 0.1) is 15.1 Å². The highest BCUT2D eigenvalue weighted by Crippen LogP contribution is 2.26. The third kappa shape index (κ3) is 3.61. The van der Waals surface area contributed by atoms with Gasteiger partial charge in [0.2, 0.25) is 0 Å². The minimum Gasteiger partial charge on any atom is -0.316 e. The third-order valence-corrected chi connectivity index (χ3v) is 6.07. The van der Waals surface area contributed by atoms with E-state index in [1.165, 1.54) is 29.0 Å². The number of carbonyl (C=O) groups excluding carboxylic acids is 1. The second kappa shape index (κ2) is 7.51. The predicted octanol–water partition coefficient (Wildman–Crippen LogP) is 4.95. The molecule has 1 amide bonds. The Morgan fingerprint density at radius 1 is 1.27 bits per heavy atom. The summed E-state index contributed by atoms with van der Waals surface area (Å²) in [6.45, 7) is 7.13. The number of rotatable bonds is 5. The molecule has 8 heteroatoms. The average molecular weight is 390 g/mol. The molecule has 0 unspecified atom stereocenters. The van der Waals surface area contributed by atoms with Gasteiger partial charge in [-0.3, -0.25) is 14.9 Å². The number of benzene rings is 1. The Hall–Kier alpha value is -2.32. The van der Waals surface area contributed by atoms with Crippen LogP contribution in [0.5, 0.6) is 0 Å². The van der Waals surface area contributed by atoms with Crippen LogP contribution in [0.2, 0.25) is 0 Å². The van der Waals surface area contributed by atoms with Gasteiger partial charge in [0.1, 0.15) is 4.88 Å². The molecular weight excluding hydrogens is 370 g/mol. The molecule has 0 spiro atoms. The molecule has 0 aliphatic heterocycles. The Morgan fingerprint density at radius 3 is 2.65 bits per heavy atom. The molecule has 0 atom stereocenters. The molecule has 26 heavy (non-hydrogen) atoms. The number of thiazole rings is 1. The van der Waals surface area contributed by atoms with Crippen molar-refractivity contribution in [3.63, 3.8) is 0 Å². The summed E-state index contributed by atoms with van der Waals surface area (Å²) in [5, 5.41) is 10.8. The van der Waals surface area contributed by atoms with E-state index in [1.54, 1.807) is 0 Å². The molecule has 0 N–H and O–H groups in total. The summed E-state index contributed by atoms with van der Waals surface area (Å²) in [6, 6.07) is 9.14. The van der Waals surface area contributed by atoms with Crippen molar-refractivity contribution in [3.8, 4) is 0 Å². The Labute approximate surface area is 158 Å². The first-order chi connectivity index (χ1) is 12.4. The molecular formula is C18H19N3O3S2. The van der Waals surface area contributed by atoms with Gasteiger partial charge < -0.3 is 4.57 Å². The average Bonchev–Trinajstić information content (AvgIpc) is 3.20. The fourth-order valence-electron chi connectivity index (χ4n) is 2.66. The first kappa shape index (κ1) is 18.5. The molecule has 1 aromatic carbocycles. The van der Waals surface area contributed by atoms with Crippen LogP contribution < -0.4 is 4.80 Å². The maximum Gasteiger partial charge on any atom is 0.324 e. The molecule has 0 saturated heterocycles. The summed E-state index contributed by atoms with van der Waals surface area (Å²) in [7, 11) is 0. The predicted molar refractivity (Wildman–Crippen MR) is 105 cm³/mol. The second-order valence-corrected chi connectivity index (χ2v) is 8.30. The van der Waals surface area contributed by atoms with Gasteiger partial charge in [0.15, 0.2) is 4.80 Å². The van der Waals surface area contributed by atoms with E-state index < -0.39 is 10.8 Å². The van der Waals surface area contributed by atoms with Crippen LogP contribution in [0.1, 0.15) is 48.3 Å². The molecule has 0 aliphatic carbocycles. The molecule has 0 bridgehead atoms. The number of carbonyl (C=O) groups is 1. The van der Waals surface area contributed by atoms with E-state index in [-0.39, 0.29) is 9.88 Å². The van der Waals surface area contributed by atoms with Crippen molar-refractivity contribution in [2.45, 2.75) is 39.7 Å². The normalized spacial score (nSPS) is 12.2. The summed E-state index contributed by atoms with van der Waals surface area (Å²) in [5.74, 6) is -0.0154. The number of nitro groups is 1. The van der Waals surface area contributed by atoms with Crippen LogP contribution >= 0.6 is 22.7 Å². The smallest absolute Gasteiger partial charge is 0.316 e. The van der Waals surface area contributed by atoms with Crippen LogP contribution in [0.4, 0.5) is 5.00 Å². The number of amides is 1. The molecule has 6 nitrogen and oxygen atoms in total. The molecule has 3 aromatic rings. The number of fused-ring (bicyclic) bond motifs is 1. The zero-order valence-corrected chi connectivity index (χ0v) is 16.4. The summed E-state index contributed by atoms with van der Waals surface area (Å²) >= 11 is 2.33. The lowest BCUT2D eigenvalue weighted by molar-refractivity contribution is -0.380. The van der Waals surface area contributed by atoms with Gasteiger partial charge >= 0.3 is 5.00 Å². The lowest BCUT2D eigenvalue weighted by Gasteiger charge is -2.06. The van der Waals surface area contributed by atoms with Crippen molar-refractivity contribution in [2.24, 2.45) is 4.99 Å². The maximum atomic E-state index is 12.5. The van der Waals surface area contributed by atoms with Crippen LogP contribution in [0, 0.1) is 10.1 Å². The molecule has 0 fully saturated rings. The first-order valence-electron chi connectivity index (χ1n) is 8.37. The minimum absolute atomic E-state index is 0.0529. The van der Waals surface area contributed by atoms with E-state index in [1.807, 2.05) is 4.57 Å². The van der Waals surface area contributed by atoms with Crippen molar-refractivity contribution in [2.75, 3.05) is 0 Å². The highest BCUT2D eigenvalue weighted by atomic mass is 32.1. The number of aryl methyl sites for hydroxylation is 1. The molecule has 0 radical (unpaired) electrons. The lowest BCUT2D eigenvalue weighted by atomic mass is 10.0. The SMILES string of the molecule is CCCn1c(=NC(=O)c2ccc([N+](=O)[O-])s2)sc2cc(C(C)C)ccc21. The van der Waals surface area contributed by atoms with Crippen molar-refractivity contribution in [1.82, 2.24) is 4.57 Å². The summed E-state index contributed by atoms with van der Waals surface area (Å²) in [5.41, 5.74) is 2.30. The second-order valence-electron chi connectivity index (χ2n) is 6.23.